The molecule has 3 nitrogen and oxygen atoms in total. The second-order valence-electron chi connectivity index (χ2n) is 4.93. The van der Waals surface area contributed by atoms with Crippen LogP contribution in [0.2, 0.25) is 0 Å². The molecule has 2 aromatic rings. The van der Waals surface area contributed by atoms with Gasteiger partial charge in [0.1, 0.15) is 6.04 Å². The molecule has 20 heavy (non-hydrogen) atoms. The highest BCUT2D eigenvalue weighted by Gasteiger charge is 2.18. The predicted molar refractivity (Wildman–Crippen MR) is 81.6 cm³/mol. The fourth-order valence-corrected chi connectivity index (χ4v) is 2.43. The van der Waals surface area contributed by atoms with Crippen molar-refractivity contribution in [2.75, 3.05) is 6.61 Å². The first kappa shape index (κ1) is 14.5. The summed E-state index contributed by atoms with van der Waals surface area (Å²) in [5.74, 6) is -0.209. The Morgan fingerprint density at radius 2 is 1.85 bits per heavy atom. The molecule has 106 valence electrons. The van der Waals surface area contributed by atoms with E-state index in [-0.39, 0.29) is 18.1 Å². The van der Waals surface area contributed by atoms with E-state index in [9.17, 15) is 4.79 Å². The Morgan fingerprint density at radius 1 is 1.15 bits per heavy atom. The lowest BCUT2D eigenvalue weighted by atomic mass is 9.99. The number of fused-ring (bicyclic) bond motifs is 1. The highest BCUT2D eigenvalue weighted by molar-refractivity contribution is 5.86. The highest BCUT2D eigenvalue weighted by Crippen LogP contribution is 2.24. The van der Waals surface area contributed by atoms with Crippen LogP contribution in [-0.2, 0) is 9.53 Å². The summed E-state index contributed by atoms with van der Waals surface area (Å²) in [6.07, 6.45) is 0. The number of carbonyl (C=O) groups is 1. The van der Waals surface area contributed by atoms with E-state index in [2.05, 4.69) is 36.5 Å². The van der Waals surface area contributed by atoms with Gasteiger partial charge in [-0.2, -0.15) is 0 Å². The molecule has 1 N–H and O–H groups in total. The molecule has 0 saturated carbocycles. The van der Waals surface area contributed by atoms with Crippen LogP contribution in [0.15, 0.2) is 42.5 Å². The van der Waals surface area contributed by atoms with E-state index in [0.717, 1.165) is 0 Å². The van der Waals surface area contributed by atoms with Crippen molar-refractivity contribution in [3.8, 4) is 0 Å². The molecule has 0 aliphatic heterocycles. The van der Waals surface area contributed by atoms with Crippen LogP contribution in [0.4, 0.5) is 0 Å². The zero-order valence-corrected chi connectivity index (χ0v) is 12.2. The van der Waals surface area contributed by atoms with Crippen molar-refractivity contribution < 1.29 is 9.53 Å². The van der Waals surface area contributed by atoms with Crippen molar-refractivity contribution in [3.05, 3.63) is 48.0 Å². The standard InChI is InChI=1S/C17H21NO2/c1-4-20-17(19)13(3)18-12(2)15-11-7-9-14-8-5-6-10-16(14)15/h5-13,18H,4H2,1-3H3/t12-,13+/m0/s1. The van der Waals surface area contributed by atoms with Crippen molar-refractivity contribution in [1.82, 2.24) is 5.32 Å². The number of nitrogens with one attached hydrogen (secondary N) is 1. The van der Waals surface area contributed by atoms with Crippen molar-refractivity contribution in [1.29, 1.82) is 0 Å². The van der Waals surface area contributed by atoms with Gasteiger partial charge in [0.2, 0.25) is 0 Å². The van der Waals surface area contributed by atoms with Crippen LogP contribution in [0.3, 0.4) is 0 Å². The Hall–Kier alpha value is -1.87. The lowest BCUT2D eigenvalue weighted by molar-refractivity contribution is -0.145. The molecule has 0 radical (unpaired) electrons. The van der Waals surface area contributed by atoms with E-state index in [4.69, 9.17) is 4.74 Å². The normalized spacial score (nSPS) is 13.9. The maximum Gasteiger partial charge on any atom is 0.322 e. The van der Waals surface area contributed by atoms with Gasteiger partial charge < -0.3 is 4.74 Å². The highest BCUT2D eigenvalue weighted by atomic mass is 16.5. The lowest BCUT2D eigenvalue weighted by Gasteiger charge is -2.20. The van der Waals surface area contributed by atoms with Gasteiger partial charge in [0, 0.05) is 6.04 Å². The summed E-state index contributed by atoms with van der Waals surface area (Å²) in [7, 11) is 0. The Labute approximate surface area is 119 Å². The van der Waals surface area contributed by atoms with Gasteiger partial charge in [-0.3, -0.25) is 10.1 Å². The number of benzene rings is 2. The fourth-order valence-electron chi connectivity index (χ4n) is 2.43. The number of carbonyl (C=O) groups excluding carboxylic acids is 1. The lowest BCUT2D eigenvalue weighted by Crippen LogP contribution is -2.37. The molecule has 0 fully saturated rings. The zero-order chi connectivity index (χ0) is 14.5. The molecule has 0 amide bonds. The maximum atomic E-state index is 11.7. The minimum absolute atomic E-state index is 0.0838. The van der Waals surface area contributed by atoms with Crippen LogP contribution in [0, 0.1) is 0 Å². The van der Waals surface area contributed by atoms with E-state index in [1.807, 2.05) is 32.0 Å². The topological polar surface area (TPSA) is 38.3 Å². The summed E-state index contributed by atoms with van der Waals surface area (Å²) < 4.78 is 5.03. The van der Waals surface area contributed by atoms with Gasteiger partial charge in [-0.15, -0.1) is 0 Å². The van der Waals surface area contributed by atoms with Gasteiger partial charge >= 0.3 is 5.97 Å². The molecule has 0 saturated heterocycles. The van der Waals surface area contributed by atoms with E-state index in [0.29, 0.717) is 6.61 Å². The smallest absolute Gasteiger partial charge is 0.322 e. The molecule has 2 rings (SSSR count). The van der Waals surface area contributed by atoms with Crippen LogP contribution in [0.25, 0.3) is 10.8 Å². The third-order valence-electron chi connectivity index (χ3n) is 3.43. The molecule has 0 aliphatic carbocycles. The number of hydrogen-bond donors (Lipinski definition) is 1. The van der Waals surface area contributed by atoms with E-state index < -0.39 is 0 Å². The third-order valence-corrected chi connectivity index (χ3v) is 3.43. The Bertz CT molecular complexity index is 589. The Morgan fingerprint density at radius 3 is 2.60 bits per heavy atom. The molecule has 0 unspecified atom stereocenters. The number of esters is 1. The van der Waals surface area contributed by atoms with Crippen molar-refractivity contribution in [3.63, 3.8) is 0 Å². The van der Waals surface area contributed by atoms with Crippen molar-refractivity contribution in [2.24, 2.45) is 0 Å². The Balaban J connectivity index is 2.19. The van der Waals surface area contributed by atoms with Crippen LogP contribution < -0.4 is 5.32 Å². The average Bonchev–Trinajstić information content (AvgIpc) is 2.46. The monoisotopic (exact) mass is 271 g/mol. The first-order chi connectivity index (χ1) is 9.63. The second-order valence-corrected chi connectivity index (χ2v) is 4.93. The molecule has 0 aliphatic rings. The minimum atomic E-state index is -0.316. The van der Waals surface area contributed by atoms with Gasteiger partial charge in [0.25, 0.3) is 0 Å². The molecule has 0 heterocycles. The average molecular weight is 271 g/mol. The minimum Gasteiger partial charge on any atom is -0.465 e. The zero-order valence-electron chi connectivity index (χ0n) is 12.2. The van der Waals surface area contributed by atoms with Gasteiger partial charge in [0.05, 0.1) is 6.61 Å². The van der Waals surface area contributed by atoms with Gasteiger partial charge in [-0.05, 0) is 37.1 Å². The molecule has 0 aromatic heterocycles. The second kappa shape index (κ2) is 6.53. The number of ether oxygens (including phenoxy) is 1. The maximum absolute atomic E-state index is 11.7. The van der Waals surface area contributed by atoms with Crippen LogP contribution >= 0.6 is 0 Å². The fraction of sp³-hybridized carbons (Fsp3) is 0.353. The van der Waals surface area contributed by atoms with E-state index in [1.165, 1.54) is 16.3 Å². The van der Waals surface area contributed by atoms with Crippen LogP contribution in [-0.4, -0.2) is 18.6 Å². The summed E-state index contributed by atoms with van der Waals surface area (Å²) >= 11 is 0. The predicted octanol–water partition coefficient (Wildman–Crippen LogP) is 3.44. The Kier molecular flexibility index (Phi) is 4.74. The first-order valence-corrected chi connectivity index (χ1v) is 7.03. The van der Waals surface area contributed by atoms with E-state index in [1.54, 1.807) is 0 Å². The summed E-state index contributed by atoms with van der Waals surface area (Å²) in [6.45, 7) is 6.13. The summed E-state index contributed by atoms with van der Waals surface area (Å²) in [6, 6.07) is 14.3. The summed E-state index contributed by atoms with van der Waals surface area (Å²) in [5.41, 5.74) is 1.19. The largest absolute Gasteiger partial charge is 0.465 e. The molecular weight excluding hydrogens is 250 g/mol. The van der Waals surface area contributed by atoms with Gasteiger partial charge in [-0.1, -0.05) is 42.5 Å². The van der Waals surface area contributed by atoms with Gasteiger partial charge in [0.15, 0.2) is 0 Å². The molecule has 3 heteroatoms. The molecular formula is C17H21NO2. The quantitative estimate of drug-likeness (QED) is 0.847. The first-order valence-electron chi connectivity index (χ1n) is 7.03. The SMILES string of the molecule is CCOC(=O)[C@@H](C)N[C@@H](C)c1cccc2ccccc12. The molecule has 0 bridgehead atoms. The molecule has 2 atom stereocenters. The summed E-state index contributed by atoms with van der Waals surface area (Å²) in [4.78, 5) is 11.7. The summed E-state index contributed by atoms with van der Waals surface area (Å²) in [5, 5.41) is 5.72. The third kappa shape index (κ3) is 3.17. The molecule has 2 aromatic carbocycles. The van der Waals surface area contributed by atoms with E-state index >= 15 is 0 Å². The van der Waals surface area contributed by atoms with Crippen LogP contribution in [0.1, 0.15) is 32.4 Å². The van der Waals surface area contributed by atoms with Crippen molar-refractivity contribution >= 4 is 16.7 Å². The molecule has 0 spiro atoms. The van der Waals surface area contributed by atoms with Crippen LogP contribution in [0.5, 0.6) is 0 Å². The van der Waals surface area contributed by atoms with Gasteiger partial charge in [-0.25, -0.2) is 0 Å². The van der Waals surface area contributed by atoms with Crippen molar-refractivity contribution in [2.45, 2.75) is 32.9 Å². The number of hydrogen-bond acceptors (Lipinski definition) is 3. The number of rotatable bonds is 5.